The number of aryl methyl sites for hydroxylation is 2. The molecule has 0 radical (unpaired) electrons. The number of rotatable bonds is 1. The van der Waals surface area contributed by atoms with Crippen LogP contribution in [0, 0.1) is 13.8 Å². The molecule has 0 spiro atoms. The van der Waals surface area contributed by atoms with E-state index in [-0.39, 0.29) is 0 Å². The predicted molar refractivity (Wildman–Crippen MR) is 59.1 cm³/mol. The van der Waals surface area contributed by atoms with Crippen LogP contribution in [0.3, 0.4) is 0 Å². The third-order valence-corrected chi connectivity index (χ3v) is 2.69. The van der Waals surface area contributed by atoms with Gasteiger partial charge in [0.05, 0.1) is 5.69 Å². The number of benzene rings is 1. The summed E-state index contributed by atoms with van der Waals surface area (Å²) in [5.74, 6) is 0.866. The van der Waals surface area contributed by atoms with E-state index in [0.717, 1.165) is 27.1 Å². The number of hydrogen-bond acceptors (Lipinski definition) is 2. The zero-order valence-electron chi connectivity index (χ0n) is 8.04. The lowest BCUT2D eigenvalue weighted by atomic mass is 10.0. The summed E-state index contributed by atoms with van der Waals surface area (Å²) >= 11 is 3.41. The minimum absolute atomic E-state index is 0.866. The first kappa shape index (κ1) is 9.46. The highest BCUT2D eigenvalue weighted by Crippen LogP contribution is 2.27. The van der Waals surface area contributed by atoms with E-state index in [1.54, 1.807) is 0 Å². The van der Waals surface area contributed by atoms with Crippen molar-refractivity contribution < 1.29 is 4.52 Å². The summed E-state index contributed by atoms with van der Waals surface area (Å²) in [5.41, 5.74) is 3.17. The molecule has 0 fully saturated rings. The quantitative estimate of drug-likeness (QED) is 0.773. The maximum atomic E-state index is 5.12. The molecular weight excluding hydrogens is 242 g/mol. The van der Waals surface area contributed by atoms with E-state index in [0.29, 0.717) is 0 Å². The Kier molecular flexibility index (Phi) is 2.42. The Labute approximate surface area is 91.1 Å². The normalized spacial score (nSPS) is 10.5. The van der Waals surface area contributed by atoms with Gasteiger partial charge in [0.1, 0.15) is 5.76 Å². The molecule has 2 nitrogen and oxygen atoms in total. The van der Waals surface area contributed by atoms with Crippen molar-refractivity contribution in [1.29, 1.82) is 0 Å². The summed E-state index contributed by atoms with van der Waals surface area (Å²) in [5, 5.41) is 3.93. The minimum atomic E-state index is 0.866. The second kappa shape index (κ2) is 3.58. The fourth-order valence-electron chi connectivity index (χ4n) is 1.51. The second-order valence-electron chi connectivity index (χ2n) is 3.21. The number of aromatic nitrogens is 1. The maximum Gasteiger partial charge on any atom is 0.141 e. The van der Waals surface area contributed by atoms with E-state index in [1.807, 2.05) is 26.0 Å². The van der Waals surface area contributed by atoms with Gasteiger partial charge in [0.15, 0.2) is 0 Å². The van der Waals surface area contributed by atoms with Crippen LogP contribution in [0.25, 0.3) is 11.1 Å². The molecule has 0 aliphatic rings. The van der Waals surface area contributed by atoms with Gasteiger partial charge in [0.2, 0.25) is 0 Å². The second-order valence-corrected chi connectivity index (χ2v) is 4.12. The lowest BCUT2D eigenvalue weighted by molar-refractivity contribution is 0.393. The molecule has 1 aromatic carbocycles. The SMILES string of the molecule is Cc1noc(C)c1-c1ccc(Br)cc1. The minimum Gasteiger partial charge on any atom is -0.361 e. The van der Waals surface area contributed by atoms with Crippen LogP contribution in [-0.2, 0) is 0 Å². The molecule has 2 rings (SSSR count). The highest BCUT2D eigenvalue weighted by molar-refractivity contribution is 9.10. The van der Waals surface area contributed by atoms with Crippen LogP contribution in [0.1, 0.15) is 11.5 Å². The van der Waals surface area contributed by atoms with Gasteiger partial charge in [-0.3, -0.25) is 0 Å². The van der Waals surface area contributed by atoms with E-state index in [9.17, 15) is 0 Å². The molecule has 3 heteroatoms. The van der Waals surface area contributed by atoms with Gasteiger partial charge in [-0.2, -0.15) is 0 Å². The summed E-state index contributed by atoms with van der Waals surface area (Å²) in [6, 6.07) is 8.13. The van der Waals surface area contributed by atoms with Gasteiger partial charge in [-0.05, 0) is 31.5 Å². The summed E-state index contributed by atoms with van der Waals surface area (Å²) in [6.07, 6.45) is 0. The van der Waals surface area contributed by atoms with Crippen LogP contribution < -0.4 is 0 Å². The molecule has 0 aliphatic heterocycles. The van der Waals surface area contributed by atoms with Crippen molar-refractivity contribution >= 4 is 15.9 Å². The van der Waals surface area contributed by atoms with Crippen molar-refractivity contribution in [1.82, 2.24) is 5.16 Å². The third kappa shape index (κ3) is 1.60. The number of hydrogen-bond donors (Lipinski definition) is 0. The van der Waals surface area contributed by atoms with Crippen LogP contribution in [0.4, 0.5) is 0 Å². The summed E-state index contributed by atoms with van der Waals surface area (Å²) < 4.78 is 6.20. The molecule has 0 N–H and O–H groups in total. The van der Waals surface area contributed by atoms with Crippen molar-refractivity contribution in [3.63, 3.8) is 0 Å². The number of nitrogens with zero attached hydrogens (tertiary/aromatic N) is 1. The van der Waals surface area contributed by atoms with Crippen molar-refractivity contribution in [3.8, 4) is 11.1 Å². The number of halogens is 1. The molecular formula is C11H10BrNO. The molecule has 0 saturated carbocycles. The Balaban J connectivity index is 2.54. The molecule has 0 aliphatic carbocycles. The molecule has 0 bridgehead atoms. The Morgan fingerprint density at radius 3 is 2.29 bits per heavy atom. The maximum absolute atomic E-state index is 5.12. The van der Waals surface area contributed by atoms with E-state index >= 15 is 0 Å². The lowest BCUT2D eigenvalue weighted by Gasteiger charge is -1.99. The molecule has 14 heavy (non-hydrogen) atoms. The zero-order chi connectivity index (χ0) is 10.1. The highest BCUT2D eigenvalue weighted by Gasteiger charge is 2.10. The Bertz CT molecular complexity index is 425. The molecule has 1 aromatic heterocycles. The Morgan fingerprint density at radius 2 is 1.79 bits per heavy atom. The van der Waals surface area contributed by atoms with Gasteiger partial charge in [0.25, 0.3) is 0 Å². The fourth-order valence-corrected chi connectivity index (χ4v) is 1.78. The van der Waals surface area contributed by atoms with Gasteiger partial charge in [-0.1, -0.05) is 33.2 Å². The molecule has 2 aromatic rings. The van der Waals surface area contributed by atoms with E-state index in [1.165, 1.54) is 0 Å². The van der Waals surface area contributed by atoms with Crippen molar-refractivity contribution in [2.45, 2.75) is 13.8 Å². The third-order valence-electron chi connectivity index (χ3n) is 2.17. The highest BCUT2D eigenvalue weighted by atomic mass is 79.9. The first-order valence-electron chi connectivity index (χ1n) is 4.37. The molecule has 72 valence electrons. The van der Waals surface area contributed by atoms with Crippen LogP contribution in [0.15, 0.2) is 33.3 Å². The van der Waals surface area contributed by atoms with Crippen molar-refractivity contribution in [2.24, 2.45) is 0 Å². The average Bonchev–Trinajstić information content (AvgIpc) is 2.49. The van der Waals surface area contributed by atoms with E-state index < -0.39 is 0 Å². The zero-order valence-corrected chi connectivity index (χ0v) is 9.63. The van der Waals surface area contributed by atoms with Gasteiger partial charge in [-0.25, -0.2) is 0 Å². The predicted octanol–water partition coefficient (Wildman–Crippen LogP) is 3.72. The fraction of sp³-hybridized carbons (Fsp3) is 0.182. The van der Waals surface area contributed by atoms with Crippen LogP contribution in [0.5, 0.6) is 0 Å². The Hall–Kier alpha value is -1.09. The van der Waals surface area contributed by atoms with E-state index in [2.05, 4.69) is 33.2 Å². The van der Waals surface area contributed by atoms with Crippen molar-refractivity contribution in [3.05, 3.63) is 40.2 Å². The first-order chi connectivity index (χ1) is 6.68. The van der Waals surface area contributed by atoms with E-state index in [4.69, 9.17) is 4.52 Å². The van der Waals surface area contributed by atoms with Gasteiger partial charge < -0.3 is 4.52 Å². The smallest absolute Gasteiger partial charge is 0.141 e. The van der Waals surface area contributed by atoms with Gasteiger partial charge in [-0.15, -0.1) is 0 Å². The molecule has 0 unspecified atom stereocenters. The largest absolute Gasteiger partial charge is 0.361 e. The molecule has 0 atom stereocenters. The summed E-state index contributed by atoms with van der Waals surface area (Å²) in [7, 11) is 0. The topological polar surface area (TPSA) is 26.0 Å². The standard InChI is InChI=1S/C11H10BrNO/c1-7-11(8(2)14-13-7)9-3-5-10(12)6-4-9/h3-6H,1-2H3. The van der Waals surface area contributed by atoms with Gasteiger partial charge >= 0.3 is 0 Å². The summed E-state index contributed by atoms with van der Waals surface area (Å²) in [6.45, 7) is 3.88. The van der Waals surface area contributed by atoms with Crippen LogP contribution in [0.2, 0.25) is 0 Å². The average molecular weight is 252 g/mol. The molecule has 0 saturated heterocycles. The molecule has 1 heterocycles. The Morgan fingerprint density at radius 1 is 1.14 bits per heavy atom. The van der Waals surface area contributed by atoms with Crippen molar-refractivity contribution in [2.75, 3.05) is 0 Å². The first-order valence-corrected chi connectivity index (χ1v) is 5.16. The lowest BCUT2D eigenvalue weighted by Crippen LogP contribution is -1.80. The monoisotopic (exact) mass is 251 g/mol. The van der Waals surface area contributed by atoms with Crippen LogP contribution in [-0.4, -0.2) is 5.16 Å². The van der Waals surface area contributed by atoms with Crippen LogP contribution >= 0.6 is 15.9 Å². The summed E-state index contributed by atoms with van der Waals surface area (Å²) in [4.78, 5) is 0. The molecule has 0 amide bonds. The van der Waals surface area contributed by atoms with Gasteiger partial charge in [0, 0.05) is 10.0 Å².